The highest BCUT2D eigenvalue weighted by molar-refractivity contribution is 5.97. The molecule has 0 N–H and O–H groups in total. The molecular weight excluding hydrogens is 440 g/mol. The Morgan fingerprint density at radius 1 is 0.853 bits per heavy atom. The molecule has 9 nitrogen and oxygen atoms in total. The fraction of sp³-hybridized carbons (Fsp3) is 0.240. The highest BCUT2D eigenvalue weighted by Crippen LogP contribution is 2.32. The molecule has 0 aliphatic heterocycles. The van der Waals surface area contributed by atoms with Crippen molar-refractivity contribution in [1.29, 1.82) is 0 Å². The molecule has 9 heteroatoms. The molecule has 0 radical (unpaired) electrons. The van der Waals surface area contributed by atoms with E-state index in [9.17, 15) is 14.9 Å². The van der Waals surface area contributed by atoms with Crippen molar-refractivity contribution >= 4 is 11.6 Å². The molecule has 3 aromatic carbocycles. The first kappa shape index (κ1) is 24.4. The average molecular weight is 466 g/mol. The molecule has 0 aliphatic carbocycles. The number of nitro benzene ring substituents is 1. The Bertz CT molecular complexity index is 1160. The zero-order chi connectivity index (χ0) is 24.7. The molecule has 0 spiro atoms. The van der Waals surface area contributed by atoms with E-state index in [1.807, 2.05) is 13.0 Å². The first-order chi connectivity index (χ1) is 16.4. The van der Waals surface area contributed by atoms with Crippen molar-refractivity contribution < 1.29 is 28.7 Å². The Hall–Kier alpha value is -4.27. The molecule has 0 fully saturated rings. The lowest BCUT2D eigenvalue weighted by Gasteiger charge is -2.23. The fourth-order valence-corrected chi connectivity index (χ4v) is 3.36. The summed E-state index contributed by atoms with van der Waals surface area (Å²) in [4.78, 5) is 25.9. The quantitative estimate of drug-likeness (QED) is 0.304. The lowest BCUT2D eigenvalue weighted by Crippen LogP contribution is -2.30. The van der Waals surface area contributed by atoms with Gasteiger partial charge in [-0.1, -0.05) is 6.07 Å². The van der Waals surface area contributed by atoms with Crippen LogP contribution in [0.15, 0.2) is 60.7 Å². The average Bonchev–Trinajstić information content (AvgIpc) is 2.87. The predicted molar refractivity (Wildman–Crippen MR) is 126 cm³/mol. The van der Waals surface area contributed by atoms with Crippen LogP contribution in [0.25, 0.3) is 0 Å². The van der Waals surface area contributed by atoms with Crippen LogP contribution in [0.5, 0.6) is 28.7 Å². The molecule has 34 heavy (non-hydrogen) atoms. The van der Waals surface area contributed by atoms with E-state index in [1.54, 1.807) is 55.5 Å². The Morgan fingerprint density at radius 3 is 2.09 bits per heavy atom. The summed E-state index contributed by atoms with van der Waals surface area (Å²) < 4.78 is 21.7. The maximum absolute atomic E-state index is 13.5. The smallest absolute Gasteiger partial charge is 0.270 e. The van der Waals surface area contributed by atoms with Crippen LogP contribution < -0.4 is 18.9 Å². The molecular formula is C25H26N2O7. The number of rotatable bonds is 10. The third kappa shape index (κ3) is 5.55. The largest absolute Gasteiger partial charge is 0.497 e. The summed E-state index contributed by atoms with van der Waals surface area (Å²) in [5, 5.41) is 11.4. The van der Waals surface area contributed by atoms with Gasteiger partial charge in [0.1, 0.15) is 17.2 Å². The van der Waals surface area contributed by atoms with E-state index in [-0.39, 0.29) is 23.5 Å². The third-order valence-electron chi connectivity index (χ3n) is 5.18. The normalized spacial score (nSPS) is 10.4. The number of carbonyl (C=O) groups excluding carboxylic acids is 1. The number of benzene rings is 3. The highest BCUT2D eigenvalue weighted by Gasteiger charge is 2.23. The summed E-state index contributed by atoms with van der Waals surface area (Å²) in [7, 11) is 4.64. The summed E-state index contributed by atoms with van der Waals surface area (Å²) in [6, 6.07) is 16.2. The zero-order valence-corrected chi connectivity index (χ0v) is 19.4. The monoisotopic (exact) mass is 466 g/mol. The number of carbonyl (C=O) groups is 1. The van der Waals surface area contributed by atoms with Gasteiger partial charge >= 0.3 is 0 Å². The van der Waals surface area contributed by atoms with E-state index in [2.05, 4.69) is 0 Å². The third-order valence-corrected chi connectivity index (χ3v) is 5.18. The van der Waals surface area contributed by atoms with Gasteiger partial charge in [-0.25, -0.2) is 0 Å². The second-order valence-electron chi connectivity index (χ2n) is 7.22. The molecule has 0 unspecified atom stereocenters. The predicted octanol–water partition coefficient (Wildman–Crippen LogP) is 5.08. The summed E-state index contributed by atoms with van der Waals surface area (Å²) in [6.45, 7) is 2.47. The molecule has 3 rings (SSSR count). The van der Waals surface area contributed by atoms with Crippen molar-refractivity contribution in [1.82, 2.24) is 4.90 Å². The number of ether oxygens (including phenoxy) is 4. The van der Waals surface area contributed by atoms with Crippen LogP contribution >= 0.6 is 0 Å². The maximum atomic E-state index is 13.5. The first-order valence-corrected chi connectivity index (χ1v) is 10.5. The van der Waals surface area contributed by atoms with Crippen LogP contribution in [-0.4, -0.2) is 43.6 Å². The summed E-state index contributed by atoms with van der Waals surface area (Å²) in [5.74, 6) is 2.05. The molecule has 178 valence electrons. The van der Waals surface area contributed by atoms with Crippen LogP contribution in [0.2, 0.25) is 0 Å². The standard InChI is InChI=1S/C25H26N2O7/c1-5-26(16-17-6-12-23(32-3)24(14-17)33-4)25(28)21-15-18(27(29)30)7-13-22(21)34-20-10-8-19(31-2)9-11-20/h6-15H,5,16H2,1-4H3. The molecule has 0 heterocycles. The van der Waals surface area contributed by atoms with Crippen molar-refractivity contribution in [2.24, 2.45) is 0 Å². The second kappa shape index (κ2) is 11.0. The van der Waals surface area contributed by atoms with Gasteiger partial charge in [0, 0.05) is 25.2 Å². The lowest BCUT2D eigenvalue weighted by molar-refractivity contribution is -0.384. The highest BCUT2D eigenvalue weighted by atomic mass is 16.6. The van der Waals surface area contributed by atoms with Gasteiger partial charge in [-0.2, -0.15) is 0 Å². The van der Waals surface area contributed by atoms with Gasteiger partial charge in [0.2, 0.25) is 0 Å². The van der Waals surface area contributed by atoms with E-state index in [4.69, 9.17) is 18.9 Å². The number of hydrogen-bond donors (Lipinski definition) is 0. The fourth-order valence-electron chi connectivity index (χ4n) is 3.36. The molecule has 0 saturated carbocycles. The minimum absolute atomic E-state index is 0.0901. The van der Waals surface area contributed by atoms with Crippen molar-refractivity contribution in [3.05, 3.63) is 81.9 Å². The van der Waals surface area contributed by atoms with Crippen LogP contribution in [0.4, 0.5) is 5.69 Å². The van der Waals surface area contributed by atoms with Crippen LogP contribution in [0.3, 0.4) is 0 Å². The van der Waals surface area contributed by atoms with Gasteiger partial charge < -0.3 is 23.8 Å². The minimum atomic E-state index is -0.543. The van der Waals surface area contributed by atoms with E-state index in [0.717, 1.165) is 5.56 Å². The number of nitro groups is 1. The number of hydrogen-bond acceptors (Lipinski definition) is 7. The minimum Gasteiger partial charge on any atom is -0.497 e. The van der Waals surface area contributed by atoms with Crippen molar-refractivity contribution in [2.45, 2.75) is 13.5 Å². The Morgan fingerprint density at radius 2 is 1.50 bits per heavy atom. The Labute approximate surface area is 197 Å². The first-order valence-electron chi connectivity index (χ1n) is 10.5. The van der Waals surface area contributed by atoms with E-state index in [0.29, 0.717) is 29.5 Å². The number of amides is 1. The number of nitrogens with zero attached hydrogens (tertiary/aromatic N) is 2. The molecule has 0 bridgehead atoms. The van der Waals surface area contributed by atoms with Gasteiger partial charge in [0.15, 0.2) is 11.5 Å². The summed E-state index contributed by atoms with van der Waals surface area (Å²) in [5.41, 5.74) is 0.704. The number of methoxy groups -OCH3 is 3. The SMILES string of the molecule is CCN(Cc1ccc(OC)c(OC)c1)C(=O)c1cc([N+](=O)[O-])ccc1Oc1ccc(OC)cc1. The van der Waals surface area contributed by atoms with Crippen LogP contribution in [0, 0.1) is 10.1 Å². The van der Waals surface area contributed by atoms with Crippen LogP contribution in [0.1, 0.15) is 22.8 Å². The van der Waals surface area contributed by atoms with E-state index >= 15 is 0 Å². The lowest BCUT2D eigenvalue weighted by atomic mass is 10.1. The van der Waals surface area contributed by atoms with Gasteiger partial charge in [0.25, 0.3) is 11.6 Å². The van der Waals surface area contributed by atoms with Crippen molar-refractivity contribution in [2.75, 3.05) is 27.9 Å². The summed E-state index contributed by atoms with van der Waals surface area (Å²) in [6.07, 6.45) is 0. The van der Waals surface area contributed by atoms with Gasteiger partial charge in [-0.3, -0.25) is 14.9 Å². The molecule has 1 amide bonds. The maximum Gasteiger partial charge on any atom is 0.270 e. The van der Waals surface area contributed by atoms with Crippen molar-refractivity contribution in [3.8, 4) is 28.7 Å². The van der Waals surface area contributed by atoms with E-state index < -0.39 is 10.8 Å². The van der Waals surface area contributed by atoms with E-state index in [1.165, 1.54) is 25.3 Å². The van der Waals surface area contributed by atoms with Crippen LogP contribution in [-0.2, 0) is 6.54 Å². The second-order valence-corrected chi connectivity index (χ2v) is 7.22. The topological polar surface area (TPSA) is 100 Å². The molecule has 0 aromatic heterocycles. The molecule has 0 aliphatic rings. The molecule has 0 saturated heterocycles. The summed E-state index contributed by atoms with van der Waals surface area (Å²) >= 11 is 0. The van der Waals surface area contributed by atoms with Crippen molar-refractivity contribution in [3.63, 3.8) is 0 Å². The Balaban J connectivity index is 1.93. The van der Waals surface area contributed by atoms with Gasteiger partial charge in [-0.05, 0) is 55.0 Å². The Kier molecular flexibility index (Phi) is 7.92. The molecule has 0 atom stereocenters. The van der Waals surface area contributed by atoms with Gasteiger partial charge in [0.05, 0.1) is 31.8 Å². The molecule has 3 aromatic rings. The van der Waals surface area contributed by atoms with Gasteiger partial charge in [-0.15, -0.1) is 0 Å². The number of non-ortho nitro benzene ring substituents is 1. The zero-order valence-electron chi connectivity index (χ0n) is 19.4.